The van der Waals surface area contributed by atoms with Gasteiger partial charge in [-0.2, -0.15) is 18.3 Å². The molecule has 0 saturated carbocycles. The van der Waals surface area contributed by atoms with Crippen LogP contribution in [0.4, 0.5) is 18.9 Å². The minimum atomic E-state index is -4.55. The Morgan fingerprint density at radius 2 is 1.67 bits per heavy atom. The van der Waals surface area contributed by atoms with E-state index in [4.69, 9.17) is 0 Å². The quantitative estimate of drug-likeness (QED) is 0.505. The third-order valence-corrected chi connectivity index (χ3v) is 5.82. The van der Waals surface area contributed by atoms with Crippen LogP contribution in [0.2, 0.25) is 0 Å². The van der Waals surface area contributed by atoms with Gasteiger partial charge in [0.25, 0.3) is 0 Å². The lowest BCUT2D eigenvalue weighted by atomic mass is 10.1. The lowest BCUT2D eigenvalue weighted by Crippen LogP contribution is -2.50. The molecule has 1 saturated heterocycles. The SMILES string of the molecule is O=C(CN1CCN(C(=O)C=Cc2cnn(Cc3ccccc3)c2)CC1)Nc1ccccc1C(F)(F)F. The van der Waals surface area contributed by atoms with Crippen molar-refractivity contribution in [2.75, 3.05) is 38.0 Å². The smallest absolute Gasteiger partial charge is 0.337 e. The molecule has 2 amide bonds. The van der Waals surface area contributed by atoms with Gasteiger partial charge in [0.2, 0.25) is 11.8 Å². The first kappa shape index (κ1) is 25.2. The summed E-state index contributed by atoms with van der Waals surface area (Å²) < 4.78 is 41.2. The molecular weight excluding hydrogens is 471 g/mol. The van der Waals surface area contributed by atoms with Crippen molar-refractivity contribution in [1.82, 2.24) is 19.6 Å². The Morgan fingerprint density at radius 1 is 0.972 bits per heavy atom. The highest BCUT2D eigenvalue weighted by Crippen LogP contribution is 2.34. The van der Waals surface area contributed by atoms with E-state index in [9.17, 15) is 22.8 Å². The Hall–Kier alpha value is -3.92. The van der Waals surface area contributed by atoms with Crippen LogP contribution in [-0.4, -0.2) is 64.1 Å². The van der Waals surface area contributed by atoms with E-state index in [1.807, 2.05) is 41.4 Å². The third-order valence-electron chi connectivity index (χ3n) is 5.82. The molecule has 2 aromatic carbocycles. The van der Waals surface area contributed by atoms with Gasteiger partial charge >= 0.3 is 6.18 Å². The molecule has 10 heteroatoms. The second-order valence-corrected chi connectivity index (χ2v) is 8.48. The van der Waals surface area contributed by atoms with E-state index in [0.717, 1.165) is 17.2 Å². The number of carbonyl (C=O) groups excluding carboxylic acids is 2. The molecule has 1 aromatic heterocycles. The number of alkyl halides is 3. The fourth-order valence-electron chi connectivity index (χ4n) is 3.95. The van der Waals surface area contributed by atoms with E-state index in [-0.39, 0.29) is 18.1 Å². The van der Waals surface area contributed by atoms with Crippen molar-refractivity contribution in [1.29, 1.82) is 0 Å². The molecule has 0 radical (unpaired) electrons. The van der Waals surface area contributed by atoms with Crippen LogP contribution in [0.25, 0.3) is 6.08 Å². The second-order valence-electron chi connectivity index (χ2n) is 8.48. The average molecular weight is 498 g/mol. The van der Waals surface area contributed by atoms with Gasteiger partial charge in [0.05, 0.1) is 30.5 Å². The minimum absolute atomic E-state index is 0.0509. The average Bonchev–Trinajstić information content (AvgIpc) is 3.30. The lowest BCUT2D eigenvalue weighted by molar-refractivity contribution is -0.137. The standard InChI is InChI=1S/C26H26F3N5O2/c27-26(28,29)22-8-4-5-9-23(22)31-24(35)19-32-12-14-33(15-13-32)25(36)11-10-21-16-30-34(18-21)17-20-6-2-1-3-7-20/h1-11,16,18H,12-15,17,19H2,(H,31,35). The van der Waals surface area contributed by atoms with E-state index in [1.54, 1.807) is 21.9 Å². The number of benzene rings is 2. The number of hydrogen-bond donors (Lipinski definition) is 1. The predicted molar refractivity (Wildman–Crippen MR) is 130 cm³/mol. The molecule has 4 rings (SSSR count). The van der Waals surface area contributed by atoms with Gasteiger partial charge in [-0.15, -0.1) is 0 Å². The van der Waals surface area contributed by atoms with Crippen molar-refractivity contribution in [3.63, 3.8) is 0 Å². The number of piperazine rings is 1. The fraction of sp³-hybridized carbons (Fsp3) is 0.269. The number of hydrogen-bond acceptors (Lipinski definition) is 4. The van der Waals surface area contributed by atoms with Gasteiger partial charge in [-0.05, 0) is 23.8 Å². The zero-order valence-electron chi connectivity index (χ0n) is 19.5. The lowest BCUT2D eigenvalue weighted by Gasteiger charge is -2.33. The van der Waals surface area contributed by atoms with Crippen molar-refractivity contribution < 1.29 is 22.8 Å². The third kappa shape index (κ3) is 6.82. The molecule has 1 fully saturated rings. The highest BCUT2D eigenvalue weighted by molar-refractivity contribution is 5.93. The van der Waals surface area contributed by atoms with Crippen molar-refractivity contribution in [2.45, 2.75) is 12.7 Å². The second kappa shape index (κ2) is 11.2. The van der Waals surface area contributed by atoms with Gasteiger partial charge in [-0.3, -0.25) is 19.2 Å². The van der Waals surface area contributed by atoms with E-state index >= 15 is 0 Å². The molecular formula is C26H26F3N5O2. The summed E-state index contributed by atoms with van der Waals surface area (Å²) in [4.78, 5) is 28.4. The summed E-state index contributed by atoms with van der Waals surface area (Å²) in [7, 11) is 0. The summed E-state index contributed by atoms with van der Waals surface area (Å²) in [5, 5.41) is 6.68. The number of aromatic nitrogens is 2. The maximum Gasteiger partial charge on any atom is 0.418 e. The molecule has 1 aliphatic heterocycles. The van der Waals surface area contributed by atoms with Crippen LogP contribution in [0.1, 0.15) is 16.7 Å². The number of halogens is 3. The first-order chi connectivity index (χ1) is 17.3. The van der Waals surface area contributed by atoms with Gasteiger partial charge in [0, 0.05) is 44.0 Å². The van der Waals surface area contributed by atoms with E-state index in [0.29, 0.717) is 32.7 Å². The van der Waals surface area contributed by atoms with Crippen molar-refractivity contribution in [3.8, 4) is 0 Å². The van der Waals surface area contributed by atoms with E-state index < -0.39 is 17.6 Å². The number of nitrogens with one attached hydrogen (secondary N) is 1. The number of para-hydroxylation sites is 1. The Kier molecular flexibility index (Phi) is 7.84. The molecule has 3 aromatic rings. The summed E-state index contributed by atoms with van der Waals surface area (Å²) in [5.41, 5.74) is 0.796. The van der Waals surface area contributed by atoms with Gasteiger partial charge in [-0.25, -0.2) is 0 Å². The summed E-state index contributed by atoms with van der Waals surface area (Å²) in [6.07, 6.45) is 2.23. The first-order valence-electron chi connectivity index (χ1n) is 11.5. The maximum atomic E-state index is 13.1. The molecule has 0 atom stereocenters. The van der Waals surface area contributed by atoms with Gasteiger partial charge < -0.3 is 10.2 Å². The molecule has 7 nitrogen and oxygen atoms in total. The Labute approximate surface area is 206 Å². The van der Waals surface area contributed by atoms with Gasteiger partial charge in [0.1, 0.15) is 0 Å². The van der Waals surface area contributed by atoms with Crippen LogP contribution >= 0.6 is 0 Å². The van der Waals surface area contributed by atoms with E-state index in [1.165, 1.54) is 24.3 Å². The number of nitrogens with zero attached hydrogens (tertiary/aromatic N) is 4. The van der Waals surface area contributed by atoms with Crippen molar-refractivity contribution in [3.05, 3.63) is 89.8 Å². The highest BCUT2D eigenvalue weighted by atomic mass is 19.4. The van der Waals surface area contributed by atoms with Crippen LogP contribution in [-0.2, 0) is 22.3 Å². The molecule has 1 aliphatic rings. The largest absolute Gasteiger partial charge is 0.418 e. The summed E-state index contributed by atoms with van der Waals surface area (Å²) in [6.45, 7) is 2.32. The van der Waals surface area contributed by atoms with Crippen LogP contribution < -0.4 is 5.32 Å². The van der Waals surface area contributed by atoms with Gasteiger partial charge in [0.15, 0.2) is 0 Å². The van der Waals surface area contributed by atoms with Crippen LogP contribution in [0.15, 0.2) is 73.1 Å². The fourth-order valence-corrected chi connectivity index (χ4v) is 3.95. The Balaban J connectivity index is 1.23. The summed E-state index contributed by atoms with van der Waals surface area (Å²) >= 11 is 0. The summed E-state index contributed by atoms with van der Waals surface area (Å²) in [6, 6.07) is 14.8. The van der Waals surface area contributed by atoms with Gasteiger partial charge in [-0.1, -0.05) is 42.5 Å². The highest BCUT2D eigenvalue weighted by Gasteiger charge is 2.33. The topological polar surface area (TPSA) is 70.5 Å². The maximum absolute atomic E-state index is 13.1. The summed E-state index contributed by atoms with van der Waals surface area (Å²) in [5.74, 6) is -0.673. The zero-order valence-corrected chi connectivity index (χ0v) is 19.5. The molecule has 0 unspecified atom stereocenters. The molecule has 36 heavy (non-hydrogen) atoms. The first-order valence-corrected chi connectivity index (χ1v) is 11.5. The molecule has 0 spiro atoms. The van der Waals surface area contributed by atoms with Crippen molar-refractivity contribution in [2.24, 2.45) is 0 Å². The minimum Gasteiger partial charge on any atom is -0.337 e. The van der Waals surface area contributed by atoms with Crippen LogP contribution in [0, 0.1) is 0 Å². The van der Waals surface area contributed by atoms with Crippen molar-refractivity contribution >= 4 is 23.6 Å². The predicted octanol–water partition coefficient (Wildman–Crippen LogP) is 3.75. The van der Waals surface area contributed by atoms with Crippen LogP contribution in [0.3, 0.4) is 0 Å². The number of rotatable bonds is 7. The monoisotopic (exact) mass is 497 g/mol. The zero-order chi connectivity index (χ0) is 25.5. The molecule has 1 N–H and O–H groups in total. The number of carbonyl (C=O) groups is 2. The number of anilines is 1. The van der Waals surface area contributed by atoms with Crippen LogP contribution in [0.5, 0.6) is 0 Å². The Morgan fingerprint density at radius 3 is 2.39 bits per heavy atom. The molecule has 188 valence electrons. The van der Waals surface area contributed by atoms with E-state index in [2.05, 4.69) is 10.4 Å². The Bertz CT molecular complexity index is 1220. The molecule has 2 heterocycles. The number of amides is 2. The molecule has 0 bridgehead atoms. The normalized spacial score (nSPS) is 14.8. The molecule has 0 aliphatic carbocycles.